The smallest absolute Gasteiger partial charge is 0.319 e. The molecule has 0 radical (unpaired) electrons. The Hall–Kier alpha value is -3.33. The average Bonchev–Trinajstić information content (AvgIpc) is 3.13. The number of aromatic nitrogens is 2. The molecule has 0 fully saturated rings. The van der Waals surface area contributed by atoms with E-state index in [1.807, 2.05) is 0 Å². The van der Waals surface area contributed by atoms with Gasteiger partial charge in [-0.25, -0.2) is 19.2 Å². The number of amides is 3. The third-order valence-corrected chi connectivity index (χ3v) is 4.69. The first-order valence-corrected chi connectivity index (χ1v) is 8.85. The molecule has 2 aromatic heterocycles. The van der Waals surface area contributed by atoms with Crippen molar-refractivity contribution in [1.29, 1.82) is 0 Å². The highest BCUT2D eigenvalue weighted by molar-refractivity contribution is 7.17. The Morgan fingerprint density at radius 1 is 1.11 bits per heavy atom. The Bertz CT molecular complexity index is 958. The van der Waals surface area contributed by atoms with Crippen LogP contribution in [0.3, 0.4) is 0 Å². The summed E-state index contributed by atoms with van der Waals surface area (Å²) in [5.74, 6) is -0.385. The molecular formula is C18H16FN5O2S. The Morgan fingerprint density at radius 3 is 2.63 bits per heavy atom. The lowest BCUT2D eigenvalue weighted by Crippen LogP contribution is -2.24. The number of nitrogens with one attached hydrogen (secondary N) is 2. The maximum absolute atomic E-state index is 12.9. The summed E-state index contributed by atoms with van der Waals surface area (Å²) in [6.07, 6.45) is 2.11. The lowest BCUT2D eigenvalue weighted by atomic mass is 10.1. The molecule has 0 unspecified atom stereocenters. The van der Waals surface area contributed by atoms with Crippen molar-refractivity contribution in [3.05, 3.63) is 64.9 Å². The zero-order valence-corrected chi connectivity index (χ0v) is 14.9. The summed E-state index contributed by atoms with van der Waals surface area (Å²) in [4.78, 5) is 32.6. The first kappa shape index (κ1) is 18.5. The largest absolute Gasteiger partial charge is 0.351 e. The standard InChI is InChI=1S/C18H16FN5O2S/c19-12-3-1-11(2-4-12)7-9-21-16(25)15-6-5-14(27-15)13-8-10-22-18(23-13)24-17(20)26/h1-6,8,10H,7,9H2,(H,21,25)(H3,20,22,23,24,26). The van der Waals surface area contributed by atoms with Crippen molar-refractivity contribution < 1.29 is 14.0 Å². The van der Waals surface area contributed by atoms with Crippen LogP contribution in [0.1, 0.15) is 15.2 Å². The number of hydrogen-bond acceptors (Lipinski definition) is 5. The molecule has 0 spiro atoms. The molecule has 0 saturated carbocycles. The molecule has 1 aromatic carbocycles. The number of hydrogen-bond donors (Lipinski definition) is 3. The van der Waals surface area contributed by atoms with E-state index in [0.717, 1.165) is 10.4 Å². The molecule has 3 amide bonds. The minimum absolute atomic E-state index is 0.0960. The van der Waals surface area contributed by atoms with Gasteiger partial charge in [0.1, 0.15) is 5.82 Å². The van der Waals surface area contributed by atoms with Crippen LogP contribution in [0, 0.1) is 5.82 Å². The molecule has 3 aromatic rings. The van der Waals surface area contributed by atoms with Crippen LogP contribution in [0.2, 0.25) is 0 Å². The fourth-order valence-corrected chi connectivity index (χ4v) is 3.21. The van der Waals surface area contributed by atoms with Gasteiger partial charge in [-0.05, 0) is 42.3 Å². The molecule has 0 aliphatic heterocycles. The van der Waals surface area contributed by atoms with Crippen molar-refractivity contribution in [2.75, 3.05) is 11.9 Å². The van der Waals surface area contributed by atoms with Crippen molar-refractivity contribution in [2.45, 2.75) is 6.42 Å². The fraction of sp³-hybridized carbons (Fsp3) is 0.111. The van der Waals surface area contributed by atoms with Crippen LogP contribution in [0.4, 0.5) is 15.1 Å². The second-order valence-corrected chi connectivity index (χ2v) is 6.63. The number of rotatable bonds is 6. The molecule has 0 saturated heterocycles. The van der Waals surface area contributed by atoms with Crippen LogP contribution >= 0.6 is 11.3 Å². The number of benzene rings is 1. The lowest BCUT2D eigenvalue weighted by Gasteiger charge is -2.04. The van der Waals surface area contributed by atoms with Crippen LogP contribution in [0.15, 0.2) is 48.7 Å². The molecule has 27 heavy (non-hydrogen) atoms. The van der Waals surface area contributed by atoms with E-state index in [1.165, 1.54) is 29.7 Å². The first-order valence-electron chi connectivity index (χ1n) is 8.03. The minimum Gasteiger partial charge on any atom is -0.351 e. The Morgan fingerprint density at radius 2 is 1.89 bits per heavy atom. The topological polar surface area (TPSA) is 110 Å². The third-order valence-electron chi connectivity index (χ3n) is 3.59. The number of anilines is 1. The lowest BCUT2D eigenvalue weighted by molar-refractivity contribution is 0.0958. The number of halogens is 1. The van der Waals surface area contributed by atoms with Gasteiger partial charge in [0.15, 0.2) is 0 Å². The van der Waals surface area contributed by atoms with Gasteiger partial charge < -0.3 is 11.1 Å². The predicted octanol–water partition coefficient (Wildman–Crippen LogP) is 2.81. The van der Waals surface area contributed by atoms with Crippen molar-refractivity contribution in [3.63, 3.8) is 0 Å². The van der Waals surface area contributed by atoms with E-state index in [4.69, 9.17) is 5.73 Å². The van der Waals surface area contributed by atoms with Gasteiger partial charge in [-0.15, -0.1) is 11.3 Å². The Balaban J connectivity index is 1.60. The number of primary amides is 1. The van der Waals surface area contributed by atoms with Crippen LogP contribution in [-0.4, -0.2) is 28.5 Å². The maximum atomic E-state index is 12.9. The van der Waals surface area contributed by atoms with Gasteiger partial charge in [0, 0.05) is 12.7 Å². The number of thiophene rings is 1. The molecule has 7 nitrogen and oxygen atoms in total. The quantitative estimate of drug-likeness (QED) is 0.606. The molecule has 138 valence electrons. The highest BCUT2D eigenvalue weighted by Gasteiger charge is 2.12. The highest BCUT2D eigenvalue weighted by Crippen LogP contribution is 2.27. The summed E-state index contributed by atoms with van der Waals surface area (Å²) in [5, 5.41) is 5.15. The maximum Gasteiger partial charge on any atom is 0.319 e. The van der Waals surface area contributed by atoms with Crippen molar-refractivity contribution >= 4 is 29.2 Å². The van der Waals surface area contributed by atoms with Crippen molar-refractivity contribution in [3.8, 4) is 10.6 Å². The second-order valence-electron chi connectivity index (χ2n) is 5.55. The highest BCUT2D eigenvalue weighted by atomic mass is 32.1. The van der Waals surface area contributed by atoms with E-state index in [-0.39, 0.29) is 17.7 Å². The van der Waals surface area contributed by atoms with Crippen molar-refractivity contribution in [1.82, 2.24) is 15.3 Å². The zero-order chi connectivity index (χ0) is 19.2. The summed E-state index contributed by atoms with van der Waals surface area (Å²) in [5.41, 5.74) is 6.57. The monoisotopic (exact) mass is 385 g/mol. The normalized spacial score (nSPS) is 10.4. The van der Waals surface area contributed by atoms with E-state index in [2.05, 4.69) is 20.6 Å². The number of carbonyl (C=O) groups is 2. The van der Waals surface area contributed by atoms with E-state index in [9.17, 15) is 14.0 Å². The van der Waals surface area contributed by atoms with E-state index >= 15 is 0 Å². The summed E-state index contributed by atoms with van der Waals surface area (Å²) in [6.45, 7) is 0.442. The Labute approximate surface area is 158 Å². The van der Waals surface area contributed by atoms with E-state index in [0.29, 0.717) is 23.5 Å². The SMILES string of the molecule is NC(=O)Nc1nccc(-c2ccc(C(=O)NCCc3ccc(F)cc3)s2)n1. The van der Waals surface area contributed by atoms with Gasteiger partial charge in [0.25, 0.3) is 5.91 Å². The van der Waals surface area contributed by atoms with Gasteiger partial charge in [-0.2, -0.15) is 0 Å². The van der Waals surface area contributed by atoms with Gasteiger partial charge in [0.2, 0.25) is 5.95 Å². The predicted molar refractivity (Wildman–Crippen MR) is 101 cm³/mol. The number of nitrogens with two attached hydrogens (primary N) is 1. The van der Waals surface area contributed by atoms with Gasteiger partial charge in [-0.3, -0.25) is 10.1 Å². The van der Waals surface area contributed by atoms with Gasteiger partial charge in [-0.1, -0.05) is 12.1 Å². The van der Waals surface area contributed by atoms with E-state index < -0.39 is 6.03 Å². The molecular weight excluding hydrogens is 369 g/mol. The summed E-state index contributed by atoms with van der Waals surface area (Å²) in [6, 6.07) is 10.6. The summed E-state index contributed by atoms with van der Waals surface area (Å²) in [7, 11) is 0. The average molecular weight is 385 g/mol. The second kappa shape index (κ2) is 8.37. The first-order chi connectivity index (χ1) is 13.0. The Kier molecular flexibility index (Phi) is 5.72. The number of carbonyl (C=O) groups excluding carboxylic acids is 2. The molecule has 0 atom stereocenters. The van der Waals surface area contributed by atoms with Gasteiger partial charge in [0.05, 0.1) is 15.4 Å². The van der Waals surface area contributed by atoms with Crippen LogP contribution in [0.25, 0.3) is 10.6 Å². The minimum atomic E-state index is -0.750. The zero-order valence-electron chi connectivity index (χ0n) is 14.1. The molecule has 0 aliphatic carbocycles. The van der Waals surface area contributed by atoms with E-state index in [1.54, 1.807) is 30.3 Å². The molecule has 4 N–H and O–H groups in total. The molecule has 3 rings (SSSR count). The van der Waals surface area contributed by atoms with Gasteiger partial charge >= 0.3 is 6.03 Å². The van der Waals surface area contributed by atoms with Crippen molar-refractivity contribution in [2.24, 2.45) is 5.73 Å². The van der Waals surface area contributed by atoms with Crippen LogP contribution < -0.4 is 16.4 Å². The summed E-state index contributed by atoms with van der Waals surface area (Å²) < 4.78 is 12.9. The number of urea groups is 1. The van der Waals surface area contributed by atoms with Crippen LogP contribution in [-0.2, 0) is 6.42 Å². The molecule has 2 heterocycles. The van der Waals surface area contributed by atoms with Crippen LogP contribution in [0.5, 0.6) is 0 Å². The fourth-order valence-electron chi connectivity index (χ4n) is 2.32. The molecule has 0 bridgehead atoms. The molecule has 0 aliphatic rings. The summed E-state index contributed by atoms with van der Waals surface area (Å²) >= 11 is 1.27. The third kappa shape index (κ3) is 5.08. The number of nitrogens with zero attached hydrogens (tertiary/aromatic N) is 2. The molecule has 9 heteroatoms.